The van der Waals surface area contributed by atoms with Gasteiger partial charge in [-0.25, -0.2) is 0 Å². The second-order valence-electron chi connectivity index (χ2n) is 6.32. The fraction of sp³-hybridized carbons (Fsp3) is 0.250. The molecule has 0 spiro atoms. The monoisotopic (exact) mass is 320 g/mol. The van der Waals surface area contributed by atoms with E-state index in [-0.39, 0.29) is 11.3 Å². The summed E-state index contributed by atoms with van der Waals surface area (Å²) in [6, 6.07) is 15.9. The quantitative estimate of drug-likeness (QED) is 0.755. The molecule has 1 saturated carbocycles. The minimum Gasteiger partial charge on any atom is -0.496 e. The lowest BCUT2D eigenvalue weighted by molar-refractivity contribution is -0.123. The highest BCUT2D eigenvalue weighted by Crippen LogP contribution is 2.50. The number of benzene rings is 2. The smallest absolute Gasteiger partial charge is 0.231 e. The second-order valence-corrected chi connectivity index (χ2v) is 6.32. The molecule has 0 aliphatic heterocycles. The number of hydrogen-bond acceptors (Lipinski definition) is 2. The maximum Gasteiger partial charge on any atom is 0.231 e. The number of methoxy groups -OCH3 is 1. The van der Waals surface area contributed by atoms with E-state index in [9.17, 15) is 4.79 Å². The SMILES string of the molecule is COc1ccccc1CNC(=O)C1(c2c[nH]c3ccccc23)CC1. The van der Waals surface area contributed by atoms with E-state index in [1.54, 1.807) is 7.11 Å². The van der Waals surface area contributed by atoms with Crippen molar-refractivity contribution in [1.29, 1.82) is 0 Å². The van der Waals surface area contributed by atoms with Crippen LogP contribution in [-0.4, -0.2) is 18.0 Å². The summed E-state index contributed by atoms with van der Waals surface area (Å²) in [7, 11) is 1.65. The summed E-state index contributed by atoms with van der Waals surface area (Å²) in [6.07, 6.45) is 3.78. The largest absolute Gasteiger partial charge is 0.496 e. The first-order valence-corrected chi connectivity index (χ1v) is 8.21. The summed E-state index contributed by atoms with van der Waals surface area (Å²) >= 11 is 0. The fourth-order valence-electron chi connectivity index (χ4n) is 3.40. The summed E-state index contributed by atoms with van der Waals surface area (Å²) in [4.78, 5) is 16.2. The van der Waals surface area contributed by atoms with Gasteiger partial charge >= 0.3 is 0 Å². The lowest BCUT2D eigenvalue weighted by Crippen LogP contribution is -2.34. The first kappa shape index (κ1) is 14.8. The number of hydrogen-bond donors (Lipinski definition) is 2. The number of para-hydroxylation sites is 2. The van der Waals surface area contributed by atoms with Crippen LogP contribution in [0.25, 0.3) is 10.9 Å². The third-order valence-corrected chi connectivity index (χ3v) is 4.92. The molecule has 2 N–H and O–H groups in total. The molecule has 0 radical (unpaired) electrons. The number of nitrogens with one attached hydrogen (secondary N) is 2. The molecule has 4 rings (SSSR count). The molecule has 2 aromatic carbocycles. The molecule has 0 bridgehead atoms. The van der Waals surface area contributed by atoms with Crippen molar-refractivity contribution in [2.45, 2.75) is 24.8 Å². The Balaban J connectivity index is 1.56. The van der Waals surface area contributed by atoms with Gasteiger partial charge in [0.1, 0.15) is 5.75 Å². The summed E-state index contributed by atoms with van der Waals surface area (Å²) < 4.78 is 5.35. The van der Waals surface area contributed by atoms with E-state index >= 15 is 0 Å². The van der Waals surface area contributed by atoms with Gasteiger partial charge in [-0.2, -0.15) is 0 Å². The summed E-state index contributed by atoms with van der Waals surface area (Å²) in [5.74, 6) is 0.896. The summed E-state index contributed by atoms with van der Waals surface area (Å²) in [5.41, 5.74) is 2.79. The lowest BCUT2D eigenvalue weighted by Gasteiger charge is -2.16. The zero-order valence-corrected chi connectivity index (χ0v) is 13.6. The highest BCUT2D eigenvalue weighted by Gasteiger charge is 2.52. The van der Waals surface area contributed by atoms with Crippen LogP contribution in [0.2, 0.25) is 0 Å². The third kappa shape index (κ3) is 2.35. The van der Waals surface area contributed by atoms with Crippen LogP contribution in [0.4, 0.5) is 0 Å². The van der Waals surface area contributed by atoms with Crippen LogP contribution in [0, 0.1) is 0 Å². The Morgan fingerprint density at radius 1 is 1.17 bits per heavy atom. The van der Waals surface area contributed by atoms with Crippen LogP contribution in [-0.2, 0) is 16.8 Å². The first-order chi connectivity index (χ1) is 11.7. The molecule has 3 aromatic rings. The third-order valence-electron chi connectivity index (χ3n) is 4.92. The van der Waals surface area contributed by atoms with Gasteiger partial charge in [-0.3, -0.25) is 4.79 Å². The Bertz CT molecular complexity index is 893. The van der Waals surface area contributed by atoms with E-state index < -0.39 is 0 Å². The van der Waals surface area contributed by atoms with Gasteiger partial charge in [0.05, 0.1) is 12.5 Å². The number of carbonyl (C=O) groups excluding carboxylic acids is 1. The van der Waals surface area contributed by atoms with Crippen LogP contribution < -0.4 is 10.1 Å². The number of ether oxygens (including phenoxy) is 1. The van der Waals surface area contributed by atoms with Crippen molar-refractivity contribution in [2.24, 2.45) is 0 Å². The molecule has 122 valence electrons. The predicted molar refractivity (Wildman–Crippen MR) is 94.1 cm³/mol. The molecule has 4 nitrogen and oxygen atoms in total. The fourth-order valence-corrected chi connectivity index (χ4v) is 3.40. The zero-order valence-electron chi connectivity index (χ0n) is 13.6. The van der Waals surface area contributed by atoms with Crippen LogP contribution >= 0.6 is 0 Å². The molecule has 1 aromatic heterocycles. The summed E-state index contributed by atoms with van der Waals surface area (Å²) in [5, 5.41) is 4.24. The molecule has 0 saturated heterocycles. The molecule has 0 unspecified atom stereocenters. The molecule has 0 atom stereocenters. The maximum atomic E-state index is 12.9. The van der Waals surface area contributed by atoms with E-state index in [1.807, 2.05) is 48.7 Å². The Morgan fingerprint density at radius 3 is 2.71 bits per heavy atom. The van der Waals surface area contributed by atoms with Gasteiger partial charge in [-0.05, 0) is 30.5 Å². The summed E-state index contributed by atoms with van der Waals surface area (Å²) in [6.45, 7) is 0.479. The average Bonchev–Trinajstić information content (AvgIpc) is 3.32. The molecule has 1 amide bonds. The van der Waals surface area contributed by atoms with Crippen LogP contribution in [0.15, 0.2) is 54.7 Å². The molecule has 1 fully saturated rings. The second kappa shape index (κ2) is 5.71. The highest BCUT2D eigenvalue weighted by atomic mass is 16.5. The van der Waals surface area contributed by atoms with Crippen molar-refractivity contribution < 1.29 is 9.53 Å². The Kier molecular flexibility index (Phi) is 3.53. The number of fused-ring (bicyclic) bond motifs is 1. The van der Waals surface area contributed by atoms with Crippen molar-refractivity contribution in [3.05, 3.63) is 65.9 Å². The van der Waals surface area contributed by atoms with Gasteiger partial charge in [0.25, 0.3) is 0 Å². The van der Waals surface area contributed by atoms with Crippen molar-refractivity contribution in [2.75, 3.05) is 7.11 Å². The average molecular weight is 320 g/mol. The first-order valence-electron chi connectivity index (χ1n) is 8.21. The van der Waals surface area contributed by atoms with Crippen molar-refractivity contribution >= 4 is 16.8 Å². The van der Waals surface area contributed by atoms with Crippen LogP contribution in [0.5, 0.6) is 5.75 Å². The number of aromatic nitrogens is 1. The van der Waals surface area contributed by atoms with E-state index in [1.165, 1.54) is 0 Å². The van der Waals surface area contributed by atoms with Crippen molar-refractivity contribution in [1.82, 2.24) is 10.3 Å². The zero-order chi connectivity index (χ0) is 16.6. The number of rotatable bonds is 5. The van der Waals surface area contributed by atoms with E-state index in [2.05, 4.69) is 16.4 Å². The molecule has 1 aliphatic carbocycles. The lowest BCUT2D eigenvalue weighted by atomic mass is 9.94. The van der Waals surface area contributed by atoms with Gasteiger partial charge in [0.15, 0.2) is 0 Å². The van der Waals surface area contributed by atoms with Crippen molar-refractivity contribution in [3.8, 4) is 5.75 Å². The topological polar surface area (TPSA) is 54.1 Å². The van der Waals surface area contributed by atoms with Gasteiger partial charge in [-0.1, -0.05) is 36.4 Å². The molecule has 1 heterocycles. The molecular weight excluding hydrogens is 300 g/mol. The van der Waals surface area contributed by atoms with E-state index in [4.69, 9.17) is 4.74 Å². The van der Waals surface area contributed by atoms with Gasteiger partial charge in [-0.15, -0.1) is 0 Å². The van der Waals surface area contributed by atoms with Crippen LogP contribution in [0.1, 0.15) is 24.0 Å². The van der Waals surface area contributed by atoms with Gasteiger partial charge in [0, 0.05) is 29.2 Å². The standard InChI is InChI=1S/C20H20N2O2/c1-24-18-9-5-2-6-14(18)12-22-19(23)20(10-11-20)16-13-21-17-8-4-3-7-15(16)17/h2-9,13,21H,10-12H2,1H3,(H,22,23). The number of amides is 1. The van der Waals surface area contributed by atoms with Gasteiger partial charge in [0.2, 0.25) is 5.91 Å². The molecular formula is C20H20N2O2. The number of carbonyl (C=O) groups is 1. The van der Waals surface area contributed by atoms with E-state index in [0.717, 1.165) is 40.6 Å². The minimum absolute atomic E-state index is 0.0955. The Morgan fingerprint density at radius 2 is 1.92 bits per heavy atom. The van der Waals surface area contributed by atoms with E-state index in [0.29, 0.717) is 6.54 Å². The number of aromatic amines is 1. The predicted octanol–water partition coefficient (Wildman–Crippen LogP) is 3.52. The van der Waals surface area contributed by atoms with Crippen molar-refractivity contribution in [3.63, 3.8) is 0 Å². The Labute approximate surface area is 140 Å². The Hall–Kier alpha value is -2.75. The minimum atomic E-state index is -0.387. The normalized spacial score (nSPS) is 15.2. The maximum absolute atomic E-state index is 12.9. The molecule has 24 heavy (non-hydrogen) atoms. The molecule has 4 heteroatoms. The number of H-pyrrole nitrogens is 1. The molecule has 1 aliphatic rings. The van der Waals surface area contributed by atoms with Crippen LogP contribution in [0.3, 0.4) is 0 Å². The van der Waals surface area contributed by atoms with Gasteiger partial charge < -0.3 is 15.0 Å². The highest BCUT2D eigenvalue weighted by molar-refractivity contribution is 5.97.